The van der Waals surface area contributed by atoms with E-state index in [1.54, 1.807) is 6.08 Å². The molecular formula is C23H35N4O5P. The van der Waals surface area contributed by atoms with Crippen LogP contribution < -0.4 is 16.4 Å². The van der Waals surface area contributed by atoms with Crippen LogP contribution in [0.5, 0.6) is 0 Å². The molecule has 1 aromatic heterocycles. The van der Waals surface area contributed by atoms with Gasteiger partial charge in [0.2, 0.25) is 11.8 Å². The number of hydrogen-bond donors (Lipinski definition) is 4. The minimum atomic E-state index is -1.56. The van der Waals surface area contributed by atoms with Crippen LogP contribution in [0.4, 0.5) is 0 Å². The Morgan fingerprint density at radius 1 is 1.24 bits per heavy atom. The van der Waals surface area contributed by atoms with Gasteiger partial charge in [-0.1, -0.05) is 44.5 Å². The maximum atomic E-state index is 12.8. The number of nitrogens with two attached hydrogens (primary N) is 1. The molecule has 0 bridgehead atoms. The van der Waals surface area contributed by atoms with Gasteiger partial charge in [-0.2, -0.15) is 0 Å². The third-order valence-corrected chi connectivity index (χ3v) is 6.19. The van der Waals surface area contributed by atoms with Crippen LogP contribution in [0.3, 0.4) is 0 Å². The second-order valence-electron chi connectivity index (χ2n) is 7.52. The van der Waals surface area contributed by atoms with Gasteiger partial charge in [0.05, 0.1) is 26.2 Å². The molecule has 2 rings (SSSR count). The van der Waals surface area contributed by atoms with E-state index in [2.05, 4.69) is 22.2 Å². The summed E-state index contributed by atoms with van der Waals surface area (Å²) < 4.78 is 16.4. The zero-order chi connectivity index (χ0) is 24.1. The van der Waals surface area contributed by atoms with Crippen molar-refractivity contribution in [3.63, 3.8) is 0 Å². The number of aromatic nitrogens is 1. The zero-order valence-corrected chi connectivity index (χ0v) is 20.2. The van der Waals surface area contributed by atoms with Crippen LogP contribution in [0.15, 0.2) is 43.1 Å². The van der Waals surface area contributed by atoms with Crippen molar-refractivity contribution >= 4 is 31.3 Å². The number of carbonyl (C=O) groups is 2. The largest absolute Gasteiger partial charge is 0.361 e. The van der Waals surface area contributed by atoms with Gasteiger partial charge >= 0.3 is 8.60 Å². The second kappa shape index (κ2) is 14.8. The van der Waals surface area contributed by atoms with E-state index in [1.807, 2.05) is 44.3 Å². The van der Waals surface area contributed by atoms with Gasteiger partial charge in [0, 0.05) is 30.2 Å². The molecule has 33 heavy (non-hydrogen) atoms. The number of fused-ring (bicyclic) bond motifs is 1. The Morgan fingerprint density at radius 3 is 2.73 bits per heavy atom. The van der Waals surface area contributed by atoms with Gasteiger partial charge in [-0.05, 0) is 17.5 Å². The van der Waals surface area contributed by atoms with E-state index in [0.29, 0.717) is 19.8 Å². The van der Waals surface area contributed by atoms with Gasteiger partial charge < -0.3 is 34.9 Å². The second-order valence-corrected chi connectivity index (χ2v) is 8.74. The predicted molar refractivity (Wildman–Crippen MR) is 130 cm³/mol. The monoisotopic (exact) mass is 478 g/mol. The van der Waals surface area contributed by atoms with E-state index in [4.69, 9.17) is 19.3 Å². The minimum absolute atomic E-state index is 0.0289. The van der Waals surface area contributed by atoms with Crippen LogP contribution in [0, 0.1) is 5.92 Å². The zero-order valence-electron chi connectivity index (χ0n) is 19.3. The van der Waals surface area contributed by atoms with Gasteiger partial charge in [-0.25, -0.2) is 0 Å². The summed E-state index contributed by atoms with van der Waals surface area (Å²) >= 11 is 0. The van der Waals surface area contributed by atoms with E-state index >= 15 is 0 Å². The SMILES string of the molecule is C=CCOP(OCCN)OCCNC(=O)C(NC(=O)Cc1c[nH]c2ccccc12)[C@@H](C)CC. The summed E-state index contributed by atoms with van der Waals surface area (Å²) in [5.74, 6) is -0.480. The number of nitrogens with one attached hydrogen (secondary N) is 3. The van der Waals surface area contributed by atoms with Gasteiger partial charge in [-0.15, -0.1) is 6.58 Å². The third-order valence-electron chi connectivity index (χ3n) is 5.05. The molecule has 0 aliphatic carbocycles. The molecule has 0 saturated carbocycles. The standard InChI is InChI=1S/C23H35N4O5P/c1-4-12-30-33(31-13-10-24)32-14-11-25-23(29)22(17(3)5-2)27-21(28)15-18-16-26-20-9-7-6-8-19(18)20/h4,6-9,16-17,22,26H,1,5,10-15,24H2,2-3H3,(H,25,29)(H,27,28)/t17-,22?,33?/m0/s1. The van der Waals surface area contributed by atoms with Crippen LogP contribution in [0.25, 0.3) is 10.9 Å². The molecule has 2 amide bonds. The molecule has 2 aromatic rings. The number of hydrogen-bond acceptors (Lipinski definition) is 6. The summed E-state index contributed by atoms with van der Waals surface area (Å²) in [5, 5.41) is 6.73. The topological polar surface area (TPSA) is 128 Å². The smallest absolute Gasteiger partial charge is 0.333 e. The van der Waals surface area contributed by atoms with Crippen LogP contribution in [0.1, 0.15) is 25.8 Å². The summed E-state index contributed by atoms with van der Waals surface area (Å²) in [4.78, 5) is 28.7. The van der Waals surface area contributed by atoms with Crippen molar-refractivity contribution in [2.45, 2.75) is 32.7 Å². The molecule has 0 saturated heterocycles. The van der Waals surface area contributed by atoms with Gasteiger partial charge in [-0.3, -0.25) is 9.59 Å². The highest BCUT2D eigenvalue weighted by Gasteiger charge is 2.26. The van der Waals surface area contributed by atoms with Crippen molar-refractivity contribution in [1.29, 1.82) is 0 Å². The number of aromatic amines is 1. The van der Waals surface area contributed by atoms with Crippen molar-refractivity contribution < 1.29 is 23.2 Å². The van der Waals surface area contributed by atoms with E-state index in [0.717, 1.165) is 22.9 Å². The predicted octanol–water partition coefficient (Wildman–Crippen LogP) is 2.78. The molecule has 182 valence electrons. The first-order valence-corrected chi connectivity index (χ1v) is 12.2. The first-order chi connectivity index (χ1) is 16.0. The molecule has 0 aliphatic heterocycles. The Balaban J connectivity index is 1.86. The minimum Gasteiger partial charge on any atom is -0.361 e. The third kappa shape index (κ3) is 8.87. The first kappa shape index (κ1) is 27.0. The molecule has 3 atom stereocenters. The fraction of sp³-hybridized carbons (Fsp3) is 0.478. The van der Waals surface area contributed by atoms with Gasteiger partial charge in [0.25, 0.3) is 0 Å². The molecule has 9 nitrogen and oxygen atoms in total. The lowest BCUT2D eigenvalue weighted by Gasteiger charge is -2.24. The van der Waals surface area contributed by atoms with Gasteiger partial charge in [0.1, 0.15) is 6.04 Å². The van der Waals surface area contributed by atoms with Crippen LogP contribution >= 0.6 is 8.60 Å². The molecule has 5 N–H and O–H groups in total. The fourth-order valence-corrected chi connectivity index (χ4v) is 4.08. The molecular weight excluding hydrogens is 443 g/mol. The normalized spacial score (nSPS) is 13.9. The molecule has 0 spiro atoms. The quantitative estimate of drug-likeness (QED) is 0.167. The van der Waals surface area contributed by atoms with E-state index in [-0.39, 0.29) is 37.3 Å². The molecule has 2 unspecified atom stereocenters. The lowest BCUT2D eigenvalue weighted by atomic mass is 9.98. The highest BCUT2D eigenvalue weighted by atomic mass is 31.2. The number of carbonyl (C=O) groups excluding carboxylic acids is 2. The van der Waals surface area contributed by atoms with Crippen molar-refractivity contribution in [2.75, 3.05) is 32.9 Å². The lowest BCUT2D eigenvalue weighted by molar-refractivity contribution is -0.130. The number of H-pyrrole nitrogens is 1. The number of amides is 2. The Kier molecular flexibility index (Phi) is 12.1. The lowest BCUT2D eigenvalue weighted by Crippen LogP contribution is -2.51. The van der Waals surface area contributed by atoms with Crippen LogP contribution in [-0.2, 0) is 29.6 Å². The molecule has 0 aliphatic rings. The molecule has 0 fully saturated rings. The number of rotatable bonds is 16. The Hall–Kier alpha value is -2.29. The summed E-state index contributed by atoms with van der Waals surface area (Å²) in [6.45, 7) is 8.94. The summed E-state index contributed by atoms with van der Waals surface area (Å²) in [5.41, 5.74) is 7.31. The van der Waals surface area contributed by atoms with E-state index < -0.39 is 14.6 Å². The fourth-order valence-electron chi connectivity index (χ4n) is 3.13. The molecule has 0 radical (unpaired) electrons. The van der Waals surface area contributed by atoms with Crippen molar-refractivity contribution in [3.8, 4) is 0 Å². The van der Waals surface area contributed by atoms with Crippen LogP contribution in [-0.4, -0.2) is 55.8 Å². The summed E-state index contributed by atoms with van der Waals surface area (Å²) in [6, 6.07) is 7.17. The Bertz CT molecular complexity index is 891. The maximum absolute atomic E-state index is 12.8. The average molecular weight is 479 g/mol. The molecule has 10 heteroatoms. The summed E-state index contributed by atoms with van der Waals surface area (Å²) in [6.07, 6.45) is 4.37. The highest BCUT2D eigenvalue weighted by molar-refractivity contribution is 7.41. The maximum Gasteiger partial charge on any atom is 0.333 e. The number of benzene rings is 1. The Morgan fingerprint density at radius 2 is 2.00 bits per heavy atom. The van der Waals surface area contributed by atoms with E-state index in [1.165, 1.54) is 0 Å². The summed E-state index contributed by atoms with van der Waals surface area (Å²) in [7, 11) is -1.56. The average Bonchev–Trinajstić information content (AvgIpc) is 3.23. The van der Waals surface area contributed by atoms with Crippen molar-refractivity contribution in [3.05, 3.63) is 48.7 Å². The van der Waals surface area contributed by atoms with Crippen molar-refractivity contribution in [1.82, 2.24) is 15.6 Å². The van der Waals surface area contributed by atoms with Crippen molar-refractivity contribution in [2.24, 2.45) is 11.7 Å². The van der Waals surface area contributed by atoms with E-state index in [9.17, 15) is 9.59 Å². The molecule has 1 aromatic carbocycles. The molecule has 1 heterocycles. The first-order valence-electron chi connectivity index (χ1n) is 11.1. The number of para-hydroxylation sites is 1. The highest BCUT2D eigenvalue weighted by Crippen LogP contribution is 2.38. The van der Waals surface area contributed by atoms with Crippen LogP contribution in [0.2, 0.25) is 0 Å². The van der Waals surface area contributed by atoms with Gasteiger partial charge in [0.15, 0.2) is 0 Å². The Labute approximate surface area is 196 Å².